The van der Waals surface area contributed by atoms with Crippen LogP contribution in [-0.2, 0) is 16.0 Å². The molecular weight excluding hydrogens is 462 g/mol. The minimum Gasteiger partial charge on any atom is -0.494 e. The van der Waals surface area contributed by atoms with Crippen molar-refractivity contribution in [3.8, 4) is 11.4 Å². The summed E-state index contributed by atoms with van der Waals surface area (Å²) in [6.45, 7) is 5.75. The molecule has 3 amide bonds. The van der Waals surface area contributed by atoms with E-state index in [-0.39, 0.29) is 24.1 Å². The molecule has 3 aromatic rings. The minimum atomic E-state index is -0.674. The van der Waals surface area contributed by atoms with Gasteiger partial charge in [-0.1, -0.05) is 0 Å². The van der Waals surface area contributed by atoms with Gasteiger partial charge in [0.05, 0.1) is 18.9 Å². The fourth-order valence-corrected chi connectivity index (χ4v) is 4.72. The highest BCUT2D eigenvalue weighted by molar-refractivity contribution is 6.09. The van der Waals surface area contributed by atoms with Crippen molar-refractivity contribution in [3.63, 3.8) is 0 Å². The van der Waals surface area contributed by atoms with Gasteiger partial charge in [0.2, 0.25) is 0 Å². The Morgan fingerprint density at radius 1 is 1.08 bits per heavy atom. The van der Waals surface area contributed by atoms with Crippen LogP contribution in [0.2, 0.25) is 0 Å². The van der Waals surface area contributed by atoms with Crippen molar-refractivity contribution in [2.45, 2.75) is 20.3 Å². The van der Waals surface area contributed by atoms with Gasteiger partial charge in [0, 0.05) is 30.0 Å². The lowest BCUT2D eigenvalue weighted by atomic mass is 10.0. The summed E-state index contributed by atoms with van der Waals surface area (Å²) >= 11 is 0. The van der Waals surface area contributed by atoms with Crippen molar-refractivity contribution in [1.29, 1.82) is 0 Å². The van der Waals surface area contributed by atoms with Gasteiger partial charge in [0.1, 0.15) is 18.1 Å². The van der Waals surface area contributed by atoms with Crippen molar-refractivity contribution >= 4 is 29.1 Å². The second kappa shape index (κ2) is 9.46. The number of ether oxygens (including phenoxy) is 2. The normalized spacial score (nSPS) is 15.7. The van der Waals surface area contributed by atoms with E-state index in [1.54, 1.807) is 34.1 Å². The van der Waals surface area contributed by atoms with E-state index in [4.69, 9.17) is 15.2 Å². The monoisotopic (exact) mass is 489 g/mol. The smallest absolute Gasteiger partial charge is 0.277 e. The molecular formula is C26H27N5O5. The van der Waals surface area contributed by atoms with Gasteiger partial charge in [-0.3, -0.25) is 14.4 Å². The third-order valence-corrected chi connectivity index (χ3v) is 6.41. The van der Waals surface area contributed by atoms with Crippen LogP contribution < -0.4 is 20.3 Å². The zero-order valence-electron chi connectivity index (χ0n) is 20.2. The van der Waals surface area contributed by atoms with Crippen molar-refractivity contribution in [1.82, 2.24) is 9.78 Å². The average Bonchev–Trinajstić information content (AvgIpc) is 3.26. The van der Waals surface area contributed by atoms with Gasteiger partial charge >= 0.3 is 0 Å². The Labute approximate surface area is 208 Å². The van der Waals surface area contributed by atoms with Gasteiger partial charge in [0.25, 0.3) is 17.7 Å². The van der Waals surface area contributed by atoms with Crippen LogP contribution in [0.25, 0.3) is 5.69 Å². The highest BCUT2D eigenvalue weighted by Crippen LogP contribution is 2.32. The van der Waals surface area contributed by atoms with Crippen molar-refractivity contribution in [2.75, 3.05) is 42.7 Å². The van der Waals surface area contributed by atoms with E-state index in [0.717, 1.165) is 11.3 Å². The van der Waals surface area contributed by atoms with Gasteiger partial charge < -0.3 is 25.0 Å². The molecule has 2 aliphatic rings. The van der Waals surface area contributed by atoms with E-state index in [1.165, 1.54) is 4.68 Å². The number of hydrogen-bond donors (Lipinski definition) is 1. The second-order valence-electron chi connectivity index (χ2n) is 8.65. The summed E-state index contributed by atoms with van der Waals surface area (Å²) in [7, 11) is 0. The van der Waals surface area contributed by atoms with E-state index in [1.807, 2.05) is 32.0 Å². The van der Waals surface area contributed by atoms with E-state index < -0.39 is 5.91 Å². The average molecular weight is 490 g/mol. The largest absolute Gasteiger partial charge is 0.494 e. The number of aryl methyl sites for hydroxylation is 1. The van der Waals surface area contributed by atoms with E-state index >= 15 is 0 Å². The Morgan fingerprint density at radius 2 is 1.83 bits per heavy atom. The van der Waals surface area contributed by atoms with Crippen LogP contribution in [0.3, 0.4) is 0 Å². The predicted octanol–water partition coefficient (Wildman–Crippen LogP) is 2.24. The fourth-order valence-electron chi connectivity index (χ4n) is 4.72. The third-order valence-electron chi connectivity index (χ3n) is 6.41. The molecule has 1 aromatic heterocycles. The Morgan fingerprint density at radius 3 is 2.50 bits per heavy atom. The summed E-state index contributed by atoms with van der Waals surface area (Å²) in [5.74, 6) is -0.346. The standard InChI is InChI=1S/C26H27N5O5/c1-3-36-19-7-4-17(5-8-19)31-24-20(23(28-31)25(27)33)10-11-29(26(24)34)18-6-9-21(16(2)14-18)30-12-13-35-15-22(30)32/h4-9,14H,3,10-13,15H2,1-2H3,(H2,27,33). The number of amides is 3. The molecule has 0 bridgehead atoms. The first-order valence-corrected chi connectivity index (χ1v) is 11.8. The maximum absolute atomic E-state index is 13.8. The Bertz CT molecular complexity index is 1350. The Kier molecular flexibility index (Phi) is 6.19. The SMILES string of the molecule is CCOc1ccc(-n2nc(C(N)=O)c3c2C(=O)N(c2ccc(N4CCOCC4=O)c(C)c2)CC3)cc1. The number of nitrogens with two attached hydrogens (primary N) is 1. The van der Waals surface area contributed by atoms with Gasteiger partial charge in [-0.15, -0.1) is 0 Å². The predicted molar refractivity (Wildman–Crippen MR) is 133 cm³/mol. The number of fused-ring (bicyclic) bond motifs is 1. The number of primary amides is 1. The Hall–Kier alpha value is -4.18. The minimum absolute atomic E-state index is 0.0618. The number of hydrogen-bond acceptors (Lipinski definition) is 6. The number of benzene rings is 2. The number of aromatic nitrogens is 2. The van der Waals surface area contributed by atoms with Crippen molar-refractivity contribution in [3.05, 3.63) is 65.0 Å². The molecule has 0 spiro atoms. The molecule has 1 fully saturated rings. The summed E-state index contributed by atoms with van der Waals surface area (Å²) in [4.78, 5) is 41.6. The topological polar surface area (TPSA) is 120 Å². The van der Waals surface area contributed by atoms with Crippen LogP contribution in [0.15, 0.2) is 42.5 Å². The summed E-state index contributed by atoms with van der Waals surface area (Å²) < 4.78 is 12.2. The molecule has 0 saturated carbocycles. The lowest BCUT2D eigenvalue weighted by Gasteiger charge is -2.31. The molecule has 10 nitrogen and oxygen atoms in total. The maximum Gasteiger partial charge on any atom is 0.277 e. The molecule has 1 saturated heterocycles. The van der Waals surface area contributed by atoms with E-state index in [9.17, 15) is 14.4 Å². The van der Waals surface area contributed by atoms with Crippen LogP contribution >= 0.6 is 0 Å². The molecule has 36 heavy (non-hydrogen) atoms. The fraction of sp³-hybridized carbons (Fsp3) is 0.308. The van der Waals surface area contributed by atoms with Crippen LogP contribution in [0.5, 0.6) is 5.75 Å². The van der Waals surface area contributed by atoms with E-state index in [2.05, 4.69) is 5.10 Å². The number of morpholine rings is 1. The zero-order valence-corrected chi connectivity index (χ0v) is 20.2. The third kappa shape index (κ3) is 4.09. The molecule has 0 unspecified atom stereocenters. The number of rotatable bonds is 6. The zero-order chi connectivity index (χ0) is 25.4. The first-order valence-electron chi connectivity index (χ1n) is 11.8. The summed E-state index contributed by atoms with van der Waals surface area (Å²) in [5, 5.41) is 4.41. The van der Waals surface area contributed by atoms with Gasteiger partial charge in [-0.05, 0) is 68.3 Å². The van der Waals surface area contributed by atoms with Crippen molar-refractivity contribution < 1.29 is 23.9 Å². The van der Waals surface area contributed by atoms with Crippen LogP contribution in [-0.4, -0.2) is 60.4 Å². The van der Waals surface area contributed by atoms with E-state index in [0.29, 0.717) is 61.1 Å². The van der Waals surface area contributed by atoms with Crippen LogP contribution in [0.1, 0.15) is 39.0 Å². The summed E-state index contributed by atoms with van der Waals surface area (Å²) in [6, 6.07) is 12.7. The number of carbonyl (C=O) groups is 3. The lowest BCUT2D eigenvalue weighted by Crippen LogP contribution is -2.42. The molecule has 2 aromatic carbocycles. The lowest BCUT2D eigenvalue weighted by molar-refractivity contribution is -0.125. The first-order chi connectivity index (χ1) is 17.4. The second-order valence-corrected chi connectivity index (χ2v) is 8.65. The maximum atomic E-state index is 13.8. The molecule has 0 atom stereocenters. The quantitative estimate of drug-likeness (QED) is 0.567. The molecule has 0 aliphatic carbocycles. The summed E-state index contributed by atoms with van der Waals surface area (Å²) in [6.07, 6.45) is 0.430. The number of carbonyl (C=O) groups excluding carboxylic acids is 3. The number of anilines is 2. The van der Waals surface area contributed by atoms with Gasteiger partial charge in [0.15, 0.2) is 5.69 Å². The molecule has 186 valence electrons. The molecule has 2 aliphatic heterocycles. The van der Waals surface area contributed by atoms with Crippen LogP contribution in [0, 0.1) is 6.92 Å². The number of nitrogens with zero attached hydrogens (tertiary/aromatic N) is 4. The molecule has 5 rings (SSSR count). The van der Waals surface area contributed by atoms with Crippen molar-refractivity contribution in [2.24, 2.45) is 5.73 Å². The Balaban J connectivity index is 1.51. The summed E-state index contributed by atoms with van der Waals surface area (Å²) in [5.41, 5.74) is 9.55. The highest BCUT2D eigenvalue weighted by atomic mass is 16.5. The molecule has 10 heteroatoms. The molecule has 3 heterocycles. The first kappa shape index (κ1) is 23.6. The van der Waals surface area contributed by atoms with Gasteiger partial charge in [-0.2, -0.15) is 5.10 Å². The van der Waals surface area contributed by atoms with Gasteiger partial charge in [-0.25, -0.2) is 4.68 Å². The molecule has 0 radical (unpaired) electrons. The molecule has 2 N–H and O–H groups in total. The van der Waals surface area contributed by atoms with Crippen LogP contribution in [0.4, 0.5) is 11.4 Å². The highest BCUT2D eigenvalue weighted by Gasteiger charge is 2.35.